The topological polar surface area (TPSA) is 40.9 Å². The monoisotopic (exact) mass is 404 g/mol. The van der Waals surface area contributed by atoms with E-state index in [1.807, 2.05) is 42.4 Å². The number of hydrogen-bond acceptors (Lipinski definition) is 3. The van der Waals surface area contributed by atoms with E-state index in [-0.39, 0.29) is 5.91 Å². The third-order valence-electron chi connectivity index (χ3n) is 6.32. The average Bonchev–Trinajstić information content (AvgIpc) is 3.13. The molecular weight excluding hydrogens is 372 g/mol. The minimum Gasteiger partial charge on any atom is -0.340 e. The second kappa shape index (κ2) is 9.00. The van der Waals surface area contributed by atoms with E-state index in [1.165, 1.54) is 18.4 Å². The van der Waals surface area contributed by atoms with Crippen molar-refractivity contribution in [1.29, 1.82) is 0 Å². The number of carbonyl (C=O) groups is 1. The maximum absolute atomic E-state index is 13.4. The summed E-state index contributed by atoms with van der Waals surface area (Å²) in [7, 11) is 1.88. The fraction of sp³-hybridized carbons (Fsp3) is 0.440. The van der Waals surface area contributed by atoms with Crippen molar-refractivity contribution in [1.82, 2.24) is 19.2 Å². The second-order valence-corrected chi connectivity index (χ2v) is 8.71. The predicted octanol–water partition coefficient (Wildman–Crippen LogP) is 4.19. The number of fused-ring (bicyclic) bond motifs is 1. The Hall–Kier alpha value is -2.66. The van der Waals surface area contributed by atoms with Gasteiger partial charge in [0.05, 0.1) is 5.69 Å². The minimum absolute atomic E-state index is 0.00871. The molecule has 1 fully saturated rings. The average molecular weight is 405 g/mol. The Morgan fingerprint density at radius 3 is 2.60 bits per heavy atom. The summed E-state index contributed by atoms with van der Waals surface area (Å²) < 4.78 is 2.12. The molecule has 5 nitrogen and oxygen atoms in total. The van der Waals surface area contributed by atoms with E-state index >= 15 is 0 Å². The molecule has 5 heteroatoms. The molecule has 1 aliphatic heterocycles. The van der Waals surface area contributed by atoms with Crippen molar-refractivity contribution in [3.63, 3.8) is 0 Å². The van der Waals surface area contributed by atoms with Gasteiger partial charge in [-0.25, -0.2) is 4.98 Å². The third-order valence-corrected chi connectivity index (χ3v) is 6.32. The number of rotatable bonds is 6. The van der Waals surface area contributed by atoms with Gasteiger partial charge in [-0.2, -0.15) is 0 Å². The van der Waals surface area contributed by atoms with Crippen LogP contribution < -0.4 is 0 Å². The summed E-state index contributed by atoms with van der Waals surface area (Å²) >= 11 is 0. The highest BCUT2D eigenvalue weighted by Gasteiger charge is 2.25. The van der Waals surface area contributed by atoms with Crippen LogP contribution in [0.4, 0.5) is 0 Å². The van der Waals surface area contributed by atoms with Crippen molar-refractivity contribution >= 4 is 11.6 Å². The van der Waals surface area contributed by atoms with Crippen LogP contribution in [0.1, 0.15) is 47.1 Å². The maximum Gasteiger partial charge on any atom is 0.274 e. The highest BCUT2D eigenvalue weighted by Crippen LogP contribution is 2.23. The Morgan fingerprint density at radius 2 is 1.87 bits per heavy atom. The zero-order valence-corrected chi connectivity index (χ0v) is 18.3. The van der Waals surface area contributed by atoms with Crippen LogP contribution in [0.15, 0.2) is 48.7 Å². The highest BCUT2D eigenvalue weighted by atomic mass is 16.2. The summed E-state index contributed by atoms with van der Waals surface area (Å²) in [6.45, 7) is 7.99. The van der Waals surface area contributed by atoms with Gasteiger partial charge in [0.2, 0.25) is 0 Å². The molecule has 1 saturated heterocycles. The molecule has 1 aliphatic rings. The molecule has 0 N–H and O–H groups in total. The van der Waals surface area contributed by atoms with Crippen LogP contribution in [0, 0.1) is 12.8 Å². The van der Waals surface area contributed by atoms with Crippen molar-refractivity contribution in [3.8, 4) is 0 Å². The molecule has 0 spiro atoms. The van der Waals surface area contributed by atoms with Crippen molar-refractivity contribution in [2.45, 2.75) is 39.7 Å². The molecule has 0 radical (unpaired) electrons. The summed E-state index contributed by atoms with van der Waals surface area (Å²) in [5.41, 5.74) is 4.83. The van der Waals surface area contributed by atoms with E-state index in [9.17, 15) is 4.79 Å². The van der Waals surface area contributed by atoms with Gasteiger partial charge < -0.3 is 9.30 Å². The van der Waals surface area contributed by atoms with Crippen molar-refractivity contribution in [3.05, 3.63) is 71.2 Å². The third kappa shape index (κ3) is 4.41. The Morgan fingerprint density at radius 1 is 1.13 bits per heavy atom. The van der Waals surface area contributed by atoms with E-state index in [0.717, 1.165) is 48.9 Å². The van der Waals surface area contributed by atoms with E-state index in [1.54, 1.807) is 0 Å². The summed E-state index contributed by atoms with van der Waals surface area (Å²) in [6.07, 6.45) is 5.32. The first kappa shape index (κ1) is 20.6. The summed E-state index contributed by atoms with van der Waals surface area (Å²) in [5.74, 6) is 0.797. The van der Waals surface area contributed by atoms with Crippen LogP contribution in [0.25, 0.3) is 5.65 Å². The fourth-order valence-corrected chi connectivity index (χ4v) is 4.23. The first-order valence-electron chi connectivity index (χ1n) is 11.0. The number of hydrogen-bond donors (Lipinski definition) is 0. The standard InChI is InChI=1S/C25H32N4O/c1-19-11-16-28(17-12-19)18-22-23(26-24-20(2)8-7-14-29(22)24)25(30)27(3)15-13-21-9-5-4-6-10-21/h4-10,14,19H,11-13,15-18H2,1-3H3. The number of carbonyl (C=O) groups excluding carboxylic acids is 1. The largest absolute Gasteiger partial charge is 0.340 e. The van der Waals surface area contributed by atoms with Crippen LogP contribution in [-0.2, 0) is 13.0 Å². The lowest BCUT2D eigenvalue weighted by Crippen LogP contribution is -2.34. The number of aromatic nitrogens is 2. The number of pyridine rings is 1. The van der Waals surface area contributed by atoms with Gasteiger partial charge in [0.1, 0.15) is 5.65 Å². The van der Waals surface area contributed by atoms with Crippen molar-refractivity contribution in [2.24, 2.45) is 5.92 Å². The Kier molecular flexibility index (Phi) is 6.18. The molecule has 0 atom stereocenters. The van der Waals surface area contributed by atoms with Crippen LogP contribution in [0.2, 0.25) is 0 Å². The quantitative estimate of drug-likeness (QED) is 0.619. The molecule has 3 aromatic rings. The predicted molar refractivity (Wildman–Crippen MR) is 121 cm³/mol. The number of likely N-dealkylation sites (N-methyl/N-ethyl adjacent to an activating group) is 1. The maximum atomic E-state index is 13.4. The number of nitrogens with zero attached hydrogens (tertiary/aromatic N) is 4. The van der Waals surface area contributed by atoms with Gasteiger partial charge in [-0.1, -0.05) is 43.3 Å². The zero-order valence-electron chi connectivity index (χ0n) is 18.3. The van der Waals surface area contributed by atoms with E-state index in [0.29, 0.717) is 12.2 Å². The molecule has 3 heterocycles. The molecule has 158 valence electrons. The SMILES string of the molecule is Cc1cccn2c(CN3CCC(C)CC3)c(C(=O)N(C)CCc3ccccc3)nc12. The van der Waals surface area contributed by atoms with Crippen LogP contribution in [0.3, 0.4) is 0 Å². The molecule has 0 bridgehead atoms. The zero-order chi connectivity index (χ0) is 21.1. The normalized spacial score (nSPS) is 15.6. The van der Waals surface area contributed by atoms with Crippen molar-refractivity contribution in [2.75, 3.05) is 26.7 Å². The van der Waals surface area contributed by atoms with Crippen molar-refractivity contribution < 1.29 is 4.79 Å². The highest BCUT2D eigenvalue weighted by molar-refractivity contribution is 5.94. The number of likely N-dealkylation sites (tertiary alicyclic amines) is 1. The van der Waals surface area contributed by atoms with Crippen LogP contribution in [0.5, 0.6) is 0 Å². The van der Waals surface area contributed by atoms with Gasteiger partial charge in [0, 0.05) is 26.3 Å². The number of piperidine rings is 1. The van der Waals surface area contributed by atoms with E-state index in [2.05, 4.69) is 41.3 Å². The lowest BCUT2D eigenvalue weighted by atomic mass is 9.99. The van der Waals surface area contributed by atoms with Gasteiger partial charge in [-0.3, -0.25) is 9.69 Å². The number of amides is 1. The molecule has 1 amide bonds. The number of imidazole rings is 1. The van der Waals surface area contributed by atoms with Gasteiger partial charge >= 0.3 is 0 Å². The number of benzene rings is 1. The minimum atomic E-state index is 0.00871. The Balaban J connectivity index is 1.58. The van der Waals surface area contributed by atoms with Gasteiger partial charge in [-0.05, 0) is 62.4 Å². The van der Waals surface area contributed by atoms with Crippen LogP contribution in [-0.4, -0.2) is 51.8 Å². The molecule has 1 aromatic carbocycles. The Bertz CT molecular complexity index is 1000. The Labute approximate surface area is 179 Å². The molecule has 0 aliphatic carbocycles. The molecule has 4 rings (SSSR count). The summed E-state index contributed by atoms with van der Waals surface area (Å²) in [4.78, 5) is 22.5. The second-order valence-electron chi connectivity index (χ2n) is 8.71. The van der Waals surface area contributed by atoms with E-state index < -0.39 is 0 Å². The number of aryl methyl sites for hydroxylation is 1. The smallest absolute Gasteiger partial charge is 0.274 e. The lowest BCUT2D eigenvalue weighted by molar-refractivity contribution is 0.0788. The van der Waals surface area contributed by atoms with Gasteiger partial charge in [0.15, 0.2) is 5.69 Å². The molecule has 0 unspecified atom stereocenters. The lowest BCUT2D eigenvalue weighted by Gasteiger charge is -2.30. The van der Waals surface area contributed by atoms with Gasteiger partial charge in [0.25, 0.3) is 5.91 Å². The van der Waals surface area contributed by atoms with Gasteiger partial charge in [-0.15, -0.1) is 0 Å². The first-order chi connectivity index (χ1) is 14.5. The summed E-state index contributed by atoms with van der Waals surface area (Å²) in [6, 6.07) is 14.4. The molecule has 2 aromatic heterocycles. The fourth-order valence-electron chi connectivity index (χ4n) is 4.23. The van der Waals surface area contributed by atoms with E-state index in [4.69, 9.17) is 4.98 Å². The molecule has 0 saturated carbocycles. The first-order valence-corrected chi connectivity index (χ1v) is 11.0. The molecular formula is C25H32N4O. The summed E-state index contributed by atoms with van der Waals surface area (Å²) in [5, 5.41) is 0. The molecule has 30 heavy (non-hydrogen) atoms. The van der Waals surface area contributed by atoms with Crippen LogP contribution >= 0.6 is 0 Å².